The van der Waals surface area contributed by atoms with Crippen molar-refractivity contribution in [1.29, 1.82) is 0 Å². The average Bonchev–Trinajstić information content (AvgIpc) is 2.83. The Balaban J connectivity index is 1.71. The Hall–Kier alpha value is -2.13. The van der Waals surface area contributed by atoms with Crippen molar-refractivity contribution < 1.29 is 19.5 Å². The predicted molar refractivity (Wildman–Crippen MR) is 148 cm³/mol. The molecule has 0 bridgehead atoms. The van der Waals surface area contributed by atoms with Crippen LogP contribution in [-0.4, -0.2) is 28.1 Å². The van der Waals surface area contributed by atoms with E-state index in [4.69, 9.17) is 58.0 Å². The molecule has 3 rings (SSSR count). The number of anilines is 2. The molecule has 0 heterocycles. The van der Waals surface area contributed by atoms with E-state index in [1.54, 1.807) is 43.3 Å². The zero-order chi connectivity index (χ0) is 26.7. The molecule has 3 aromatic carbocycles. The second kappa shape index (κ2) is 11.9. The van der Waals surface area contributed by atoms with Gasteiger partial charge in [-0.25, -0.2) is 4.79 Å². The fourth-order valence-electron chi connectivity index (χ4n) is 3.03. The molecule has 36 heavy (non-hydrogen) atoms. The maximum Gasteiger partial charge on any atom is 0.338 e. The molecular weight excluding hydrogens is 590 g/mol. The number of aromatic carboxylic acids is 1. The third kappa shape index (κ3) is 6.40. The molecule has 0 radical (unpaired) electrons. The lowest BCUT2D eigenvalue weighted by atomic mass is 10.1. The summed E-state index contributed by atoms with van der Waals surface area (Å²) < 4.78 is 0. The molecule has 12 heteroatoms. The van der Waals surface area contributed by atoms with Crippen molar-refractivity contribution in [3.8, 4) is 0 Å². The third-order valence-electron chi connectivity index (χ3n) is 4.94. The number of carboxylic acid groups (broad SMARTS) is 1. The zero-order valence-electron chi connectivity index (χ0n) is 18.6. The number of thioether (sulfide) groups is 1. The number of nitrogens with one attached hydrogen (secondary N) is 2. The fourth-order valence-corrected chi connectivity index (χ4v) is 5.10. The Morgan fingerprint density at radius 1 is 0.806 bits per heavy atom. The number of halogens is 5. The predicted octanol–water partition coefficient (Wildman–Crippen LogP) is 8.33. The number of rotatable bonds is 7. The van der Waals surface area contributed by atoms with Crippen LogP contribution in [0.4, 0.5) is 11.4 Å². The van der Waals surface area contributed by atoms with Crippen LogP contribution in [0.5, 0.6) is 0 Å². The quantitative estimate of drug-likeness (QED) is 0.143. The molecular formula is C24H17Cl5N2O4S. The molecule has 3 N–H and O–H groups in total. The summed E-state index contributed by atoms with van der Waals surface area (Å²) in [6.45, 7) is 3.63. The van der Waals surface area contributed by atoms with Crippen molar-refractivity contribution in [2.24, 2.45) is 0 Å². The average molecular weight is 607 g/mol. The van der Waals surface area contributed by atoms with Crippen LogP contribution < -0.4 is 10.6 Å². The third-order valence-corrected chi connectivity index (χ3v) is 8.26. The Morgan fingerprint density at radius 3 is 1.92 bits per heavy atom. The summed E-state index contributed by atoms with van der Waals surface area (Å²) in [6, 6.07) is 11.9. The largest absolute Gasteiger partial charge is 0.478 e. The van der Waals surface area contributed by atoms with Crippen molar-refractivity contribution >= 4 is 98.9 Å². The van der Waals surface area contributed by atoms with Gasteiger partial charge in [0.2, 0.25) is 5.91 Å². The zero-order valence-corrected chi connectivity index (χ0v) is 23.2. The highest BCUT2D eigenvalue weighted by Crippen LogP contribution is 2.42. The van der Waals surface area contributed by atoms with Crippen molar-refractivity contribution in [3.63, 3.8) is 0 Å². The van der Waals surface area contributed by atoms with Crippen LogP contribution in [0, 0.1) is 6.92 Å². The van der Waals surface area contributed by atoms with Crippen LogP contribution in [0.25, 0.3) is 0 Å². The minimum Gasteiger partial charge on any atom is -0.478 e. The lowest BCUT2D eigenvalue weighted by Gasteiger charge is -2.15. The van der Waals surface area contributed by atoms with Crippen molar-refractivity contribution in [2.75, 3.05) is 10.6 Å². The van der Waals surface area contributed by atoms with E-state index < -0.39 is 33.3 Å². The first kappa shape index (κ1) is 28.4. The van der Waals surface area contributed by atoms with E-state index >= 15 is 0 Å². The number of aryl methyl sites for hydroxylation is 1. The van der Waals surface area contributed by atoms with Crippen LogP contribution in [0.1, 0.15) is 33.2 Å². The monoisotopic (exact) mass is 604 g/mol. The van der Waals surface area contributed by atoms with Gasteiger partial charge in [-0.05, 0) is 55.8 Å². The summed E-state index contributed by atoms with van der Waals surface area (Å²) >= 11 is 31.5. The first-order valence-electron chi connectivity index (χ1n) is 10.1. The summed E-state index contributed by atoms with van der Waals surface area (Å²) in [6.07, 6.45) is 0. The molecule has 1 unspecified atom stereocenters. The molecule has 188 valence electrons. The number of hydrogen-bond donors (Lipinski definition) is 3. The van der Waals surface area contributed by atoms with E-state index in [1.807, 2.05) is 13.0 Å². The van der Waals surface area contributed by atoms with Gasteiger partial charge < -0.3 is 15.7 Å². The summed E-state index contributed by atoms with van der Waals surface area (Å²) in [5.74, 6) is -2.52. The summed E-state index contributed by atoms with van der Waals surface area (Å²) in [4.78, 5) is 37.9. The summed E-state index contributed by atoms with van der Waals surface area (Å²) in [7, 11) is 0. The molecule has 0 spiro atoms. The molecule has 0 aliphatic carbocycles. The molecule has 2 amide bonds. The fraction of sp³-hybridized carbons (Fsp3) is 0.125. The molecule has 3 aromatic rings. The molecule has 6 nitrogen and oxygen atoms in total. The number of carbonyl (C=O) groups is 3. The smallest absolute Gasteiger partial charge is 0.338 e. The van der Waals surface area contributed by atoms with Crippen molar-refractivity contribution in [1.82, 2.24) is 0 Å². The highest BCUT2D eigenvalue weighted by atomic mass is 35.5. The Morgan fingerprint density at radius 2 is 1.36 bits per heavy atom. The van der Waals surface area contributed by atoms with E-state index in [-0.39, 0.29) is 21.0 Å². The van der Waals surface area contributed by atoms with E-state index in [0.29, 0.717) is 16.4 Å². The van der Waals surface area contributed by atoms with Gasteiger partial charge in [0.15, 0.2) is 0 Å². The standard InChI is InChI=1S/C24H17Cl5N2O4S/c1-10-3-4-13(9-15(10)25)31-22(32)11(2)36-14-7-5-12(6-8-14)30-23(33)16-17(24(34)35)19(27)21(29)20(28)18(16)26/h3-9,11H,1-2H3,(H,30,33)(H,31,32)(H,34,35). The highest BCUT2D eigenvalue weighted by Gasteiger charge is 2.29. The normalized spacial score (nSPS) is 11.6. The van der Waals surface area contributed by atoms with Crippen LogP contribution >= 0.6 is 69.8 Å². The van der Waals surface area contributed by atoms with Crippen molar-refractivity contribution in [2.45, 2.75) is 24.0 Å². The van der Waals surface area contributed by atoms with Gasteiger partial charge in [-0.3, -0.25) is 9.59 Å². The van der Waals surface area contributed by atoms with Gasteiger partial charge in [-0.2, -0.15) is 0 Å². The number of carbonyl (C=O) groups excluding carboxylic acids is 2. The maximum absolute atomic E-state index is 12.9. The number of benzene rings is 3. The van der Waals surface area contributed by atoms with Crippen LogP contribution in [0.3, 0.4) is 0 Å². The van der Waals surface area contributed by atoms with Gasteiger partial charge in [0.1, 0.15) is 0 Å². The molecule has 0 fully saturated rings. The maximum atomic E-state index is 12.9. The lowest BCUT2D eigenvalue weighted by Crippen LogP contribution is -2.22. The van der Waals surface area contributed by atoms with E-state index in [0.717, 1.165) is 10.5 Å². The van der Waals surface area contributed by atoms with Crippen LogP contribution in [0.15, 0.2) is 47.4 Å². The van der Waals surface area contributed by atoms with Gasteiger partial charge in [0, 0.05) is 21.3 Å². The molecule has 0 aliphatic heterocycles. The molecule has 1 atom stereocenters. The topological polar surface area (TPSA) is 95.5 Å². The lowest BCUT2D eigenvalue weighted by molar-refractivity contribution is -0.115. The SMILES string of the molecule is Cc1ccc(NC(=O)C(C)Sc2ccc(NC(=O)c3c(Cl)c(Cl)c(Cl)c(Cl)c3C(=O)O)cc2)cc1Cl. The Bertz CT molecular complexity index is 1370. The number of hydrogen-bond acceptors (Lipinski definition) is 4. The molecule has 0 saturated heterocycles. The van der Waals surface area contributed by atoms with Gasteiger partial charge in [-0.1, -0.05) is 64.1 Å². The Labute approximate surface area is 236 Å². The second-order valence-electron chi connectivity index (χ2n) is 7.50. The molecule has 0 aromatic heterocycles. The van der Waals surface area contributed by atoms with Gasteiger partial charge in [0.25, 0.3) is 5.91 Å². The molecule has 0 aliphatic rings. The number of amides is 2. The Kier molecular flexibility index (Phi) is 9.44. The summed E-state index contributed by atoms with van der Waals surface area (Å²) in [5, 5.41) is 13.8. The molecule has 0 saturated carbocycles. The van der Waals surface area contributed by atoms with Gasteiger partial charge >= 0.3 is 5.97 Å². The van der Waals surface area contributed by atoms with E-state index in [9.17, 15) is 19.5 Å². The minimum atomic E-state index is -1.49. The first-order chi connectivity index (χ1) is 16.9. The van der Waals surface area contributed by atoms with Gasteiger partial charge in [-0.15, -0.1) is 11.8 Å². The van der Waals surface area contributed by atoms with Crippen molar-refractivity contribution in [3.05, 3.63) is 84.3 Å². The van der Waals surface area contributed by atoms with Crippen LogP contribution in [0.2, 0.25) is 25.1 Å². The highest BCUT2D eigenvalue weighted by molar-refractivity contribution is 8.00. The van der Waals surface area contributed by atoms with E-state index in [1.165, 1.54) is 11.8 Å². The second-order valence-corrected chi connectivity index (χ2v) is 10.8. The first-order valence-corrected chi connectivity index (χ1v) is 12.9. The van der Waals surface area contributed by atoms with Crippen LogP contribution in [-0.2, 0) is 4.79 Å². The van der Waals surface area contributed by atoms with E-state index in [2.05, 4.69) is 10.6 Å². The number of carboxylic acids is 1. The van der Waals surface area contributed by atoms with Gasteiger partial charge in [0.05, 0.1) is 36.5 Å². The minimum absolute atomic E-state index is 0.204. The summed E-state index contributed by atoms with van der Waals surface area (Å²) in [5.41, 5.74) is 0.889.